The first kappa shape index (κ1) is 13.7. The summed E-state index contributed by atoms with van der Waals surface area (Å²) in [6.45, 7) is 4.06. The van der Waals surface area contributed by atoms with Crippen LogP contribution in [-0.4, -0.2) is 10.9 Å². The van der Waals surface area contributed by atoms with Crippen LogP contribution in [0.4, 0.5) is 5.82 Å². The number of rotatable bonds is 3. The SMILES string of the molecule is Cc1ccc(CC(=O)Nc2cc(Br)ccn2)c(C)c1. The molecule has 4 heteroatoms. The lowest BCUT2D eigenvalue weighted by Gasteiger charge is -2.08. The molecule has 0 aliphatic heterocycles. The molecule has 1 heterocycles. The van der Waals surface area contributed by atoms with Crippen LogP contribution in [0.5, 0.6) is 0 Å². The third-order valence-electron chi connectivity index (χ3n) is 2.84. The van der Waals surface area contributed by atoms with E-state index < -0.39 is 0 Å². The predicted octanol–water partition coefficient (Wildman–Crippen LogP) is 3.64. The van der Waals surface area contributed by atoms with Gasteiger partial charge in [-0.25, -0.2) is 4.98 Å². The highest BCUT2D eigenvalue weighted by atomic mass is 79.9. The van der Waals surface area contributed by atoms with Crippen molar-refractivity contribution in [2.45, 2.75) is 20.3 Å². The van der Waals surface area contributed by atoms with Crippen LogP contribution in [0.3, 0.4) is 0 Å². The van der Waals surface area contributed by atoms with Crippen molar-refractivity contribution in [3.05, 3.63) is 57.7 Å². The minimum Gasteiger partial charge on any atom is -0.310 e. The molecule has 0 aliphatic carbocycles. The lowest BCUT2D eigenvalue weighted by molar-refractivity contribution is -0.115. The summed E-state index contributed by atoms with van der Waals surface area (Å²) >= 11 is 3.35. The number of amides is 1. The Balaban J connectivity index is 2.05. The van der Waals surface area contributed by atoms with Gasteiger partial charge in [-0.2, -0.15) is 0 Å². The van der Waals surface area contributed by atoms with Gasteiger partial charge in [0.2, 0.25) is 5.91 Å². The molecule has 2 rings (SSSR count). The minimum atomic E-state index is -0.0578. The van der Waals surface area contributed by atoms with Gasteiger partial charge < -0.3 is 5.32 Å². The molecular weight excluding hydrogens is 304 g/mol. The molecule has 0 radical (unpaired) electrons. The average molecular weight is 319 g/mol. The maximum atomic E-state index is 12.0. The van der Waals surface area contributed by atoms with E-state index in [0.29, 0.717) is 12.2 Å². The van der Waals surface area contributed by atoms with Crippen LogP contribution >= 0.6 is 15.9 Å². The number of nitrogens with one attached hydrogen (secondary N) is 1. The van der Waals surface area contributed by atoms with Crippen molar-refractivity contribution in [2.75, 3.05) is 5.32 Å². The van der Waals surface area contributed by atoms with Crippen molar-refractivity contribution in [2.24, 2.45) is 0 Å². The normalized spacial score (nSPS) is 10.3. The van der Waals surface area contributed by atoms with E-state index in [-0.39, 0.29) is 5.91 Å². The molecule has 98 valence electrons. The fraction of sp³-hybridized carbons (Fsp3) is 0.200. The average Bonchev–Trinajstić information content (AvgIpc) is 2.33. The molecule has 2 aromatic rings. The van der Waals surface area contributed by atoms with Gasteiger partial charge in [-0.15, -0.1) is 0 Å². The second kappa shape index (κ2) is 5.97. The van der Waals surface area contributed by atoms with Crippen molar-refractivity contribution in [3.63, 3.8) is 0 Å². The molecule has 1 amide bonds. The third-order valence-corrected chi connectivity index (χ3v) is 3.33. The van der Waals surface area contributed by atoms with Gasteiger partial charge in [0.15, 0.2) is 0 Å². The second-order valence-electron chi connectivity index (χ2n) is 4.51. The quantitative estimate of drug-likeness (QED) is 0.938. The van der Waals surface area contributed by atoms with Gasteiger partial charge in [-0.1, -0.05) is 39.7 Å². The highest BCUT2D eigenvalue weighted by Gasteiger charge is 2.07. The smallest absolute Gasteiger partial charge is 0.229 e. The van der Waals surface area contributed by atoms with E-state index in [1.165, 1.54) is 5.56 Å². The van der Waals surface area contributed by atoms with Gasteiger partial charge in [0.25, 0.3) is 0 Å². The summed E-state index contributed by atoms with van der Waals surface area (Å²) in [6, 6.07) is 9.70. The van der Waals surface area contributed by atoms with Crippen molar-refractivity contribution in [1.29, 1.82) is 0 Å². The van der Waals surface area contributed by atoms with Crippen molar-refractivity contribution in [1.82, 2.24) is 4.98 Å². The van der Waals surface area contributed by atoms with Crippen LogP contribution in [0.2, 0.25) is 0 Å². The Morgan fingerprint density at radius 3 is 2.74 bits per heavy atom. The fourth-order valence-corrected chi connectivity index (χ4v) is 2.21. The van der Waals surface area contributed by atoms with E-state index in [1.54, 1.807) is 12.3 Å². The molecular formula is C15H15BrN2O. The zero-order valence-corrected chi connectivity index (χ0v) is 12.5. The van der Waals surface area contributed by atoms with Gasteiger partial charge in [-0.3, -0.25) is 4.79 Å². The van der Waals surface area contributed by atoms with E-state index in [4.69, 9.17) is 0 Å². The zero-order valence-electron chi connectivity index (χ0n) is 10.9. The van der Waals surface area contributed by atoms with Gasteiger partial charge >= 0.3 is 0 Å². The Kier molecular flexibility index (Phi) is 4.32. The number of aryl methyl sites for hydroxylation is 2. The van der Waals surface area contributed by atoms with Gasteiger partial charge in [0.05, 0.1) is 6.42 Å². The Morgan fingerprint density at radius 2 is 2.05 bits per heavy atom. The maximum Gasteiger partial charge on any atom is 0.229 e. The minimum absolute atomic E-state index is 0.0578. The topological polar surface area (TPSA) is 42.0 Å². The molecule has 0 saturated carbocycles. The van der Waals surface area contributed by atoms with E-state index in [2.05, 4.69) is 32.3 Å². The second-order valence-corrected chi connectivity index (χ2v) is 5.43. The van der Waals surface area contributed by atoms with Crippen LogP contribution < -0.4 is 5.32 Å². The van der Waals surface area contributed by atoms with Crippen LogP contribution in [0.15, 0.2) is 41.0 Å². The summed E-state index contributed by atoms with van der Waals surface area (Å²) in [5.41, 5.74) is 3.38. The van der Waals surface area contributed by atoms with Crippen molar-refractivity contribution in [3.8, 4) is 0 Å². The van der Waals surface area contributed by atoms with Gasteiger partial charge in [0.1, 0.15) is 5.82 Å². The molecule has 0 aliphatic rings. The molecule has 0 unspecified atom stereocenters. The number of aromatic nitrogens is 1. The number of anilines is 1. The summed E-state index contributed by atoms with van der Waals surface area (Å²) in [6.07, 6.45) is 2.01. The molecule has 0 spiro atoms. The van der Waals surface area contributed by atoms with Crippen molar-refractivity contribution < 1.29 is 4.79 Å². The Labute approximate surface area is 121 Å². The molecule has 1 aromatic carbocycles. The highest BCUT2D eigenvalue weighted by Crippen LogP contribution is 2.14. The fourth-order valence-electron chi connectivity index (χ4n) is 1.88. The zero-order chi connectivity index (χ0) is 13.8. The number of halogens is 1. The van der Waals surface area contributed by atoms with E-state index in [1.807, 2.05) is 32.0 Å². The lowest BCUT2D eigenvalue weighted by atomic mass is 10.0. The molecule has 0 saturated heterocycles. The standard InChI is InChI=1S/C15H15BrN2O/c1-10-3-4-12(11(2)7-10)8-15(19)18-14-9-13(16)5-6-17-14/h3-7,9H,8H2,1-2H3,(H,17,18,19). The van der Waals surface area contributed by atoms with Crippen LogP contribution in [0.25, 0.3) is 0 Å². The van der Waals surface area contributed by atoms with Crippen LogP contribution in [0.1, 0.15) is 16.7 Å². The first-order valence-corrected chi connectivity index (χ1v) is 6.81. The van der Waals surface area contributed by atoms with E-state index in [9.17, 15) is 4.79 Å². The number of carbonyl (C=O) groups excluding carboxylic acids is 1. The molecule has 0 fully saturated rings. The van der Waals surface area contributed by atoms with Crippen molar-refractivity contribution >= 4 is 27.7 Å². The van der Waals surface area contributed by atoms with Crippen LogP contribution in [0, 0.1) is 13.8 Å². The maximum absolute atomic E-state index is 12.0. The molecule has 0 bridgehead atoms. The number of hydrogen-bond acceptors (Lipinski definition) is 2. The first-order chi connectivity index (χ1) is 9.04. The van der Waals surface area contributed by atoms with Gasteiger partial charge in [-0.05, 0) is 37.1 Å². The molecule has 3 nitrogen and oxygen atoms in total. The summed E-state index contributed by atoms with van der Waals surface area (Å²) in [4.78, 5) is 16.1. The molecule has 1 aromatic heterocycles. The molecule has 1 N–H and O–H groups in total. The van der Waals surface area contributed by atoms with E-state index in [0.717, 1.165) is 15.6 Å². The summed E-state index contributed by atoms with van der Waals surface area (Å²) in [5.74, 6) is 0.502. The number of nitrogens with zero attached hydrogens (tertiary/aromatic N) is 1. The summed E-state index contributed by atoms with van der Waals surface area (Å²) in [7, 11) is 0. The third kappa shape index (κ3) is 3.89. The predicted molar refractivity (Wildman–Crippen MR) is 80.2 cm³/mol. The number of benzene rings is 1. The highest BCUT2D eigenvalue weighted by molar-refractivity contribution is 9.10. The van der Waals surface area contributed by atoms with Crippen LogP contribution in [-0.2, 0) is 11.2 Å². The Hall–Kier alpha value is -1.68. The Morgan fingerprint density at radius 1 is 1.26 bits per heavy atom. The Bertz CT molecular complexity index is 611. The number of hydrogen-bond donors (Lipinski definition) is 1. The monoisotopic (exact) mass is 318 g/mol. The summed E-state index contributed by atoms with van der Waals surface area (Å²) in [5, 5.41) is 2.79. The number of pyridine rings is 1. The number of carbonyl (C=O) groups is 1. The molecule has 19 heavy (non-hydrogen) atoms. The largest absolute Gasteiger partial charge is 0.310 e. The molecule has 0 atom stereocenters. The van der Waals surface area contributed by atoms with E-state index >= 15 is 0 Å². The van der Waals surface area contributed by atoms with Gasteiger partial charge in [0, 0.05) is 10.7 Å². The summed E-state index contributed by atoms with van der Waals surface area (Å²) < 4.78 is 0.893. The lowest BCUT2D eigenvalue weighted by Crippen LogP contribution is -2.15. The first-order valence-electron chi connectivity index (χ1n) is 6.02.